The lowest BCUT2D eigenvalue weighted by molar-refractivity contribution is -0.151. The van der Waals surface area contributed by atoms with Gasteiger partial charge in [-0.15, -0.1) is 0 Å². The van der Waals surface area contributed by atoms with Crippen molar-refractivity contribution in [3.05, 3.63) is 0 Å². The van der Waals surface area contributed by atoms with Crippen LogP contribution >= 0.6 is 7.60 Å². The van der Waals surface area contributed by atoms with Crippen LogP contribution in [-0.2, 0) is 32.7 Å². The van der Waals surface area contributed by atoms with Crippen molar-refractivity contribution in [3.63, 3.8) is 0 Å². The highest BCUT2D eigenvalue weighted by Crippen LogP contribution is 2.52. The fourth-order valence-electron chi connectivity index (χ4n) is 0.863. The van der Waals surface area contributed by atoms with Crippen LogP contribution in [0.15, 0.2) is 0 Å². The second kappa shape index (κ2) is 5.85. The minimum absolute atomic E-state index is 1.03. The summed E-state index contributed by atoms with van der Waals surface area (Å²) >= 11 is 0. The Kier molecular flexibility index (Phi) is 5.49. The van der Waals surface area contributed by atoms with Gasteiger partial charge in [-0.3, -0.25) is 14.2 Å². The molecule has 8 heteroatoms. The van der Waals surface area contributed by atoms with Gasteiger partial charge in [-0.05, 0) is 0 Å². The Morgan fingerprint density at radius 3 is 1.47 bits per heavy atom. The minimum atomic E-state index is -3.89. The normalized spacial score (nSPS) is 11.3. The molecule has 0 unspecified atom stereocenters. The Labute approximate surface area is 87.2 Å². The molecule has 88 valence electrons. The third-order valence-electron chi connectivity index (χ3n) is 1.67. The van der Waals surface area contributed by atoms with Crippen LogP contribution in [0, 0.1) is 0 Å². The maximum atomic E-state index is 11.8. The molecule has 0 aliphatic heterocycles. The molecule has 0 heterocycles. The van der Waals surface area contributed by atoms with Crippen molar-refractivity contribution in [1.29, 1.82) is 0 Å². The highest BCUT2D eigenvalue weighted by atomic mass is 31.2. The standard InChI is InChI=1S/C7H13O7P/c1-11-6(8)5(7(9)12-2)15(10,13-3)14-4/h5H,1-4H3. The van der Waals surface area contributed by atoms with E-state index < -0.39 is 25.2 Å². The number of methoxy groups -OCH3 is 2. The molecule has 0 saturated carbocycles. The molecule has 0 aliphatic carbocycles. The SMILES string of the molecule is COC(=O)C(C(=O)OC)P(=O)(OC)OC. The maximum Gasteiger partial charge on any atom is 0.355 e. The first-order chi connectivity index (χ1) is 6.96. The van der Waals surface area contributed by atoms with Crippen molar-refractivity contribution in [2.24, 2.45) is 0 Å². The smallest absolute Gasteiger partial charge is 0.355 e. The van der Waals surface area contributed by atoms with Crippen molar-refractivity contribution < 1.29 is 32.7 Å². The van der Waals surface area contributed by atoms with E-state index in [1.165, 1.54) is 0 Å². The summed E-state index contributed by atoms with van der Waals surface area (Å²) in [4.78, 5) is 22.4. The Balaban J connectivity index is 5.18. The van der Waals surface area contributed by atoms with Crippen LogP contribution in [0.1, 0.15) is 0 Å². The first-order valence-electron chi connectivity index (χ1n) is 3.83. The largest absolute Gasteiger partial charge is 0.468 e. The van der Waals surface area contributed by atoms with Crippen LogP contribution in [0.4, 0.5) is 0 Å². The molecule has 0 aromatic rings. The van der Waals surface area contributed by atoms with Gasteiger partial charge in [0.15, 0.2) is 0 Å². The highest BCUT2D eigenvalue weighted by molar-refractivity contribution is 7.56. The molecule has 0 aromatic carbocycles. The highest BCUT2D eigenvalue weighted by Gasteiger charge is 2.47. The van der Waals surface area contributed by atoms with Crippen LogP contribution in [-0.4, -0.2) is 46.0 Å². The summed E-state index contributed by atoms with van der Waals surface area (Å²) in [5, 5.41) is 0. The number of esters is 2. The van der Waals surface area contributed by atoms with Crippen molar-refractivity contribution in [2.75, 3.05) is 28.4 Å². The van der Waals surface area contributed by atoms with E-state index in [-0.39, 0.29) is 0 Å². The predicted molar refractivity (Wildman–Crippen MR) is 49.4 cm³/mol. The molecule has 0 radical (unpaired) electrons. The molecule has 0 aromatic heterocycles. The Bertz CT molecular complexity index is 263. The van der Waals surface area contributed by atoms with Crippen LogP contribution in [0.5, 0.6) is 0 Å². The van der Waals surface area contributed by atoms with E-state index in [4.69, 9.17) is 0 Å². The van der Waals surface area contributed by atoms with Gasteiger partial charge in [0.05, 0.1) is 14.2 Å². The predicted octanol–water partition coefficient (Wildman–Crippen LogP) is 0.187. The van der Waals surface area contributed by atoms with Gasteiger partial charge < -0.3 is 18.5 Å². The van der Waals surface area contributed by atoms with E-state index in [0.29, 0.717) is 0 Å². The van der Waals surface area contributed by atoms with E-state index in [1.54, 1.807) is 0 Å². The molecule has 0 bridgehead atoms. The van der Waals surface area contributed by atoms with Gasteiger partial charge in [-0.25, -0.2) is 0 Å². The van der Waals surface area contributed by atoms with Crippen molar-refractivity contribution in [3.8, 4) is 0 Å². The summed E-state index contributed by atoms with van der Waals surface area (Å²) < 4.78 is 29.5. The molecule has 0 rings (SSSR count). The van der Waals surface area contributed by atoms with Gasteiger partial charge in [-0.1, -0.05) is 0 Å². The van der Waals surface area contributed by atoms with Crippen molar-refractivity contribution in [1.82, 2.24) is 0 Å². The average molecular weight is 240 g/mol. The lowest BCUT2D eigenvalue weighted by atomic mass is 10.4. The summed E-state index contributed by atoms with van der Waals surface area (Å²) in [6.07, 6.45) is 0. The molecule has 7 nitrogen and oxygen atoms in total. The van der Waals surface area contributed by atoms with E-state index in [0.717, 1.165) is 28.4 Å². The molecular weight excluding hydrogens is 227 g/mol. The fraction of sp³-hybridized carbons (Fsp3) is 0.714. The quantitative estimate of drug-likeness (QED) is 0.385. The summed E-state index contributed by atoms with van der Waals surface area (Å²) in [5.41, 5.74) is -1.72. The third-order valence-corrected chi connectivity index (χ3v) is 3.75. The van der Waals surface area contributed by atoms with Crippen LogP contribution in [0.25, 0.3) is 0 Å². The van der Waals surface area contributed by atoms with Gasteiger partial charge in [0.1, 0.15) is 0 Å². The zero-order chi connectivity index (χ0) is 12.1. The second-order valence-electron chi connectivity index (χ2n) is 2.35. The third kappa shape index (κ3) is 3.02. The molecular formula is C7H13O7P. The summed E-state index contributed by atoms with van der Waals surface area (Å²) in [7, 11) is 0.331. The number of carbonyl (C=O) groups is 2. The molecule has 0 aliphatic rings. The van der Waals surface area contributed by atoms with Crippen LogP contribution < -0.4 is 0 Å². The monoisotopic (exact) mass is 240 g/mol. The van der Waals surface area contributed by atoms with E-state index in [2.05, 4.69) is 18.5 Å². The molecule has 0 fully saturated rings. The molecule has 0 N–H and O–H groups in total. The second-order valence-corrected chi connectivity index (χ2v) is 4.68. The van der Waals surface area contributed by atoms with E-state index in [1.807, 2.05) is 0 Å². The van der Waals surface area contributed by atoms with E-state index in [9.17, 15) is 14.2 Å². The summed E-state index contributed by atoms with van der Waals surface area (Å²) in [6, 6.07) is 0. The molecule has 15 heavy (non-hydrogen) atoms. The number of carbonyl (C=O) groups excluding carboxylic acids is 2. The first kappa shape index (κ1) is 14.1. The van der Waals surface area contributed by atoms with Crippen molar-refractivity contribution in [2.45, 2.75) is 5.66 Å². The average Bonchev–Trinajstić information content (AvgIpc) is 2.28. The zero-order valence-corrected chi connectivity index (χ0v) is 9.78. The lowest BCUT2D eigenvalue weighted by Gasteiger charge is -2.19. The lowest BCUT2D eigenvalue weighted by Crippen LogP contribution is -2.33. The van der Waals surface area contributed by atoms with Gasteiger partial charge in [-0.2, -0.15) is 0 Å². The number of hydrogen-bond acceptors (Lipinski definition) is 7. The number of hydrogen-bond donors (Lipinski definition) is 0. The van der Waals surface area contributed by atoms with Crippen molar-refractivity contribution >= 4 is 19.5 Å². The fourth-order valence-corrected chi connectivity index (χ4v) is 2.16. The number of ether oxygens (including phenoxy) is 2. The van der Waals surface area contributed by atoms with E-state index >= 15 is 0 Å². The molecule has 0 atom stereocenters. The summed E-state index contributed by atoms with van der Waals surface area (Å²) in [6.45, 7) is 0. The Morgan fingerprint density at radius 2 is 1.27 bits per heavy atom. The van der Waals surface area contributed by atoms with Crippen LogP contribution in [0.3, 0.4) is 0 Å². The van der Waals surface area contributed by atoms with Gasteiger partial charge >= 0.3 is 19.5 Å². The van der Waals surface area contributed by atoms with Gasteiger partial charge in [0.25, 0.3) is 5.66 Å². The Hall–Kier alpha value is -0.910. The number of rotatable bonds is 5. The molecule has 0 amide bonds. The topological polar surface area (TPSA) is 88.1 Å². The minimum Gasteiger partial charge on any atom is -0.468 e. The van der Waals surface area contributed by atoms with Gasteiger partial charge in [0, 0.05) is 14.2 Å². The molecule has 0 spiro atoms. The first-order valence-corrected chi connectivity index (χ1v) is 5.44. The van der Waals surface area contributed by atoms with Crippen LogP contribution in [0.2, 0.25) is 0 Å². The molecule has 0 saturated heterocycles. The maximum absolute atomic E-state index is 11.8. The zero-order valence-electron chi connectivity index (χ0n) is 8.88. The van der Waals surface area contributed by atoms with Gasteiger partial charge in [0.2, 0.25) is 0 Å². The Morgan fingerprint density at radius 1 is 0.933 bits per heavy atom. The summed E-state index contributed by atoms with van der Waals surface area (Å²) in [5.74, 6) is -2.07.